The maximum absolute atomic E-state index is 10.2. The van der Waals surface area contributed by atoms with Gasteiger partial charge in [0.2, 0.25) is 0 Å². The van der Waals surface area contributed by atoms with Crippen LogP contribution in [0.1, 0.15) is 11.4 Å². The lowest BCUT2D eigenvalue weighted by Crippen LogP contribution is -2.28. The number of hydrogen-bond donors (Lipinski definition) is 3. The quantitative estimate of drug-likeness (QED) is 0.749. The number of rotatable bonds is 6. The van der Waals surface area contributed by atoms with Crippen molar-refractivity contribution in [1.29, 1.82) is 5.41 Å². The van der Waals surface area contributed by atoms with Gasteiger partial charge >= 0.3 is 0 Å². The maximum atomic E-state index is 10.2. The summed E-state index contributed by atoms with van der Waals surface area (Å²) < 4.78 is 5.15. The second kappa shape index (κ2) is 7.02. The summed E-state index contributed by atoms with van der Waals surface area (Å²) in [6.07, 6.45) is 0.567. The number of aliphatic hydroxyl groups is 2. The molecule has 1 aliphatic rings. The maximum Gasteiger partial charge on any atom is 0.135 e. The van der Waals surface area contributed by atoms with Gasteiger partial charge in [-0.2, -0.15) is 0 Å². The molecule has 0 aliphatic carbocycles. The van der Waals surface area contributed by atoms with E-state index < -0.39 is 0 Å². The van der Waals surface area contributed by atoms with E-state index in [0.29, 0.717) is 30.1 Å². The average molecular weight is 345 g/mol. The fourth-order valence-electron chi connectivity index (χ4n) is 2.59. The van der Waals surface area contributed by atoms with Gasteiger partial charge in [0.25, 0.3) is 0 Å². The Hall–Kier alpha value is -2.38. The Morgan fingerprint density at radius 3 is 2.75 bits per heavy atom. The molecule has 0 saturated heterocycles. The van der Waals surface area contributed by atoms with Crippen molar-refractivity contribution in [2.75, 3.05) is 26.8 Å². The highest BCUT2D eigenvalue weighted by Crippen LogP contribution is 2.32. The molecular formula is C17H19N3O3S. The minimum atomic E-state index is 0.0682. The lowest BCUT2D eigenvalue weighted by Gasteiger charge is -2.17. The summed E-state index contributed by atoms with van der Waals surface area (Å²) in [4.78, 5) is 6.32. The highest BCUT2D eigenvalue weighted by Gasteiger charge is 2.29. The Bertz CT molecular complexity index is 768. The number of benzene rings is 1. The first-order valence-corrected chi connectivity index (χ1v) is 8.49. The van der Waals surface area contributed by atoms with Crippen LogP contribution in [0.25, 0.3) is 16.8 Å². The first-order valence-electron chi connectivity index (χ1n) is 7.61. The largest absolute Gasteiger partial charge is 0.510 e. The monoisotopic (exact) mass is 345 g/mol. The van der Waals surface area contributed by atoms with Crippen LogP contribution in [0.4, 0.5) is 0 Å². The van der Waals surface area contributed by atoms with E-state index in [1.165, 1.54) is 11.3 Å². The average Bonchev–Trinajstić information content (AvgIpc) is 3.18. The van der Waals surface area contributed by atoms with Gasteiger partial charge in [-0.1, -0.05) is 0 Å². The molecule has 0 radical (unpaired) electrons. The van der Waals surface area contributed by atoms with E-state index in [1.807, 2.05) is 29.6 Å². The van der Waals surface area contributed by atoms with E-state index in [9.17, 15) is 5.11 Å². The Kier molecular flexibility index (Phi) is 4.82. The van der Waals surface area contributed by atoms with Crippen LogP contribution in [-0.2, 0) is 0 Å². The molecule has 24 heavy (non-hydrogen) atoms. The van der Waals surface area contributed by atoms with E-state index in [4.69, 9.17) is 15.3 Å². The highest BCUT2D eigenvalue weighted by molar-refractivity contribution is 7.11. The van der Waals surface area contributed by atoms with Gasteiger partial charge in [-0.3, -0.25) is 5.41 Å². The first kappa shape index (κ1) is 16.5. The third-order valence-corrected chi connectivity index (χ3v) is 4.73. The van der Waals surface area contributed by atoms with Gasteiger partial charge in [0.15, 0.2) is 0 Å². The third kappa shape index (κ3) is 3.13. The van der Waals surface area contributed by atoms with Crippen LogP contribution in [0, 0.1) is 5.41 Å². The van der Waals surface area contributed by atoms with E-state index in [-0.39, 0.29) is 18.2 Å². The standard InChI is InChI=1S/C17H19N3O3S/c1-23-12-5-3-11(4-6-12)13-10-24-17(19-13)15-14(22)9-20(16(15)18)7-2-8-21/h3-6,10,18,21-22H,2,7-9H2,1H3. The van der Waals surface area contributed by atoms with Crippen LogP contribution in [0.15, 0.2) is 35.4 Å². The Balaban J connectivity index is 1.82. The molecule has 3 N–H and O–H groups in total. The molecule has 0 unspecified atom stereocenters. The number of hydrogen-bond acceptors (Lipinski definition) is 6. The number of aromatic nitrogens is 1. The van der Waals surface area contributed by atoms with E-state index in [1.54, 1.807) is 12.0 Å². The van der Waals surface area contributed by atoms with Gasteiger partial charge in [0.05, 0.1) is 24.9 Å². The number of nitrogens with one attached hydrogen (secondary N) is 1. The van der Waals surface area contributed by atoms with Crippen LogP contribution in [-0.4, -0.2) is 52.7 Å². The summed E-state index contributed by atoms with van der Waals surface area (Å²) in [5.41, 5.74) is 2.25. The minimum Gasteiger partial charge on any atom is -0.510 e. The Labute approximate surface area is 144 Å². The molecule has 1 aromatic carbocycles. The summed E-state index contributed by atoms with van der Waals surface area (Å²) in [6, 6.07) is 7.61. The van der Waals surface area contributed by atoms with Crippen molar-refractivity contribution in [1.82, 2.24) is 9.88 Å². The molecule has 2 heterocycles. The topological polar surface area (TPSA) is 89.7 Å². The SMILES string of the molecule is COc1ccc(-c2csc(C3=C(O)CN(CCCO)C3=N)n2)cc1. The summed E-state index contributed by atoms with van der Waals surface area (Å²) in [6.45, 7) is 0.907. The van der Waals surface area contributed by atoms with E-state index in [0.717, 1.165) is 17.0 Å². The molecule has 0 saturated carbocycles. The fraction of sp³-hybridized carbons (Fsp3) is 0.294. The van der Waals surface area contributed by atoms with E-state index >= 15 is 0 Å². The molecule has 126 valence electrons. The molecule has 6 nitrogen and oxygen atoms in total. The molecule has 7 heteroatoms. The summed E-state index contributed by atoms with van der Waals surface area (Å²) in [7, 11) is 1.62. The van der Waals surface area contributed by atoms with Gasteiger partial charge in [0.1, 0.15) is 22.4 Å². The fourth-order valence-corrected chi connectivity index (χ4v) is 3.49. The molecule has 3 rings (SSSR count). The van der Waals surface area contributed by atoms with Crippen LogP contribution in [0.5, 0.6) is 5.75 Å². The molecular weight excluding hydrogens is 326 g/mol. The second-order valence-electron chi connectivity index (χ2n) is 5.44. The van der Waals surface area contributed by atoms with Gasteiger partial charge < -0.3 is 19.8 Å². The first-order chi connectivity index (χ1) is 11.6. The van der Waals surface area contributed by atoms with Crippen LogP contribution in [0.3, 0.4) is 0 Å². The number of nitrogens with zero attached hydrogens (tertiary/aromatic N) is 2. The van der Waals surface area contributed by atoms with Gasteiger partial charge in [-0.15, -0.1) is 11.3 Å². The summed E-state index contributed by atoms with van der Waals surface area (Å²) in [5.74, 6) is 1.21. The second-order valence-corrected chi connectivity index (χ2v) is 6.29. The van der Waals surface area contributed by atoms with Crippen molar-refractivity contribution in [2.45, 2.75) is 6.42 Å². The number of thiazole rings is 1. The van der Waals surface area contributed by atoms with Crippen molar-refractivity contribution in [3.05, 3.63) is 40.4 Å². The van der Waals surface area contributed by atoms with Crippen molar-refractivity contribution in [2.24, 2.45) is 0 Å². The minimum absolute atomic E-state index is 0.0682. The van der Waals surface area contributed by atoms with Crippen molar-refractivity contribution >= 4 is 22.7 Å². The van der Waals surface area contributed by atoms with Crippen LogP contribution >= 0.6 is 11.3 Å². The predicted octanol–water partition coefficient (Wildman–Crippen LogP) is 2.76. The van der Waals surface area contributed by atoms with E-state index in [2.05, 4.69) is 4.98 Å². The van der Waals surface area contributed by atoms with Crippen molar-refractivity contribution < 1.29 is 14.9 Å². The van der Waals surface area contributed by atoms with Gasteiger partial charge in [-0.05, 0) is 30.7 Å². The van der Waals surface area contributed by atoms with Crippen molar-refractivity contribution in [3.8, 4) is 17.0 Å². The zero-order chi connectivity index (χ0) is 17.1. The molecule has 0 amide bonds. The molecule has 2 aromatic rings. The lowest BCUT2D eigenvalue weighted by atomic mass is 10.1. The summed E-state index contributed by atoms with van der Waals surface area (Å²) in [5, 5.41) is 30.0. The van der Waals surface area contributed by atoms with Crippen molar-refractivity contribution in [3.63, 3.8) is 0 Å². The molecule has 1 aromatic heterocycles. The number of aliphatic hydroxyl groups excluding tert-OH is 2. The smallest absolute Gasteiger partial charge is 0.135 e. The molecule has 0 fully saturated rings. The predicted molar refractivity (Wildman–Crippen MR) is 94.7 cm³/mol. The van der Waals surface area contributed by atoms with Crippen LogP contribution in [0.2, 0.25) is 0 Å². The molecule has 0 spiro atoms. The third-order valence-electron chi connectivity index (χ3n) is 3.87. The van der Waals surface area contributed by atoms with Crippen LogP contribution < -0.4 is 4.74 Å². The Morgan fingerprint density at radius 2 is 2.08 bits per heavy atom. The number of ether oxygens (including phenoxy) is 1. The normalized spacial score (nSPS) is 14.6. The highest BCUT2D eigenvalue weighted by atomic mass is 32.1. The molecule has 0 bridgehead atoms. The number of amidine groups is 1. The zero-order valence-electron chi connectivity index (χ0n) is 13.3. The Morgan fingerprint density at radius 1 is 1.33 bits per heavy atom. The summed E-state index contributed by atoms with van der Waals surface area (Å²) >= 11 is 1.41. The lowest BCUT2D eigenvalue weighted by molar-refractivity contribution is 0.265. The molecule has 1 aliphatic heterocycles. The number of methoxy groups -OCH3 is 1. The van der Waals surface area contributed by atoms with Gasteiger partial charge in [-0.25, -0.2) is 4.98 Å². The van der Waals surface area contributed by atoms with Gasteiger partial charge in [0, 0.05) is 24.1 Å². The molecule has 0 atom stereocenters. The zero-order valence-corrected chi connectivity index (χ0v) is 14.1.